The molecule has 1 aromatic carbocycles. The van der Waals surface area contributed by atoms with Crippen molar-refractivity contribution in [1.29, 1.82) is 0 Å². The number of tetrazole rings is 1. The molecule has 0 spiro atoms. The molecule has 3 heterocycles. The zero-order valence-electron chi connectivity index (χ0n) is 13.7. The van der Waals surface area contributed by atoms with Crippen molar-refractivity contribution in [2.75, 3.05) is 0 Å². The fourth-order valence-electron chi connectivity index (χ4n) is 2.59. The Hall–Kier alpha value is -3.62. The standard InChI is InChI=1S/C18H11F3N6/c19-18(20,21)15-6-2-1-5-14(15)12-9-13(11-22-10-12)27-25-17(24-26-27)16-7-3-4-8-23-16/h1-11H. The maximum absolute atomic E-state index is 13.3. The molecule has 134 valence electrons. The largest absolute Gasteiger partial charge is 0.417 e. The fraction of sp³-hybridized carbons (Fsp3) is 0.0556. The summed E-state index contributed by atoms with van der Waals surface area (Å²) < 4.78 is 39.8. The third-order valence-corrected chi connectivity index (χ3v) is 3.81. The lowest BCUT2D eigenvalue weighted by Crippen LogP contribution is -2.07. The number of nitrogens with zero attached hydrogens (tertiary/aromatic N) is 6. The number of hydrogen-bond donors (Lipinski definition) is 0. The van der Waals surface area contributed by atoms with Crippen molar-refractivity contribution in [3.8, 4) is 28.3 Å². The lowest BCUT2D eigenvalue weighted by atomic mass is 10.0. The Labute approximate surface area is 151 Å². The molecule has 4 rings (SSSR count). The van der Waals surface area contributed by atoms with E-state index in [9.17, 15) is 13.2 Å². The highest BCUT2D eigenvalue weighted by molar-refractivity contribution is 5.69. The van der Waals surface area contributed by atoms with E-state index in [1.54, 1.807) is 30.5 Å². The molecular weight excluding hydrogens is 357 g/mol. The summed E-state index contributed by atoms with van der Waals surface area (Å²) in [7, 11) is 0. The molecule has 3 aromatic heterocycles. The second-order valence-electron chi connectivity index (χ2n) is 5.59. The molecule has 0 amide bonds. The molecular formula is C18H11F3N6. The molecule has 0 aliphatic carbocycles. The Morgan fingerprint density at radius 3 is 2.52 bits per heavy atom. The predicted molar refractivity (Wildman–Crippen MR) is 90.6 cm³/mol. The SMILES string of the molecule is FC(F)(F)c1ccccc1-c1cncc(-n2nnc(-c3ccccn3)n2)c1. The van der Waals surface area contributed by atoms with Crippen molar-refractivity contribution in [2.45, 2.75) is 6.18 Å². The number of pyridine rings is 2. The van der Waals surface area contributed by atoms with E-state index < -0.39 is 11.7 Å². The Morgan fingerprint density at radius 2 is 1.74 bits per heavy atom. The smallest absolute Gasteiger partial charge is 0.262 e. The molecule has 0 bridgehead atoms. The van der Waals surface area contributed by atoms with Crippen molar-refractivity contribution in [3.05, 3.63) is 72.7 Å². The van der Waals surface area contributed by atoms with Crippen LogP contribution in [0.15, 0.2) is 67.1 Å². The van der Waals surface area contributed by atoms with Gasteiger partial charge in [0.05, 0.1) is 11.8 Å². The van der Waals surface area contributed by atoms with Gasteiger partial charge in [-0.3, -0.25) is 9.97 Å². The molecule has 0 saturated heterocycles. The first-order chi connectivity index (χ1) is 13.0. The first kappa shape index (κ1) is 16.8. The maximum Gasteiger partial charge on any atom is 0.417 e. The number of aromatic nitrogens is 6. The highest BCUT2D eigenvalue weighted by Gasteiger charge is 2.33. The Kier molecular flexibility index (Phi) is 4.11. The van der Waals surface area contributed by atoms with E-state index in [0.29, 0.717) is 22.8 Å². The predicted octanol–water partition coefficient (Wildman–Crippen LogP) is 3.81. The average molecular weight is 368 g/mol. The van der Waals surface area contributed by atoms with Gasteiger partial charge in [-0.05, 0) is 35.0 Å². The van der Waals surface area contributed by atoms with Gasteiger partial charge in [-0.25, -0.2) is 0 Å². The maximum atomic E-state index is 13.3. The fourth-order valence-corrected chi connectivity index (χ4v) is 2.59. The van der Waals surface area contributed by atoms with Crippen molar-refractivity contribution in [3.63, 3.8) is 0 Å². The Bertz CT molecular complexity index is 1080. The molecule has 0 fully saturated rings. The number of benzene rings is 1. The van der Waals surface area contributed by atoms with Crippen LogP contribution in [0.4, 0.5) is 13.2 Å². The molecule has 0 saturated carbocycles. The van der Waals surface area contributed by atoms with Gasteiger partial charge in [0.2, 0.25) is 5.82 Å². The zero-order chi connectivity index (χ0) is 18.9. The highest BCUT2D eigenvalue weighted by atomic mass is 19.4. The van der Waals surface area contributed by atoms with E-state index in [0.717, 1.165) is 6.07 Å². The van der Waals surface area contributed by atoms with Gasteiger partial charge in [0.15, 0.2) is 0 Å². The van der Waals surface area contributed by atoms with Crippen LogP contribution in [0.5, 0.6) is 0 Å². The van der Waals surface area contributed by atoms with Crippen molar-refractivity contribution in [2.24, 2.45) is 0 Å². The van der Waals surface area contributed by atoms with Crippen LogP contribution in [-0.4, -0.2) is 30.2 Å². The summed E-state index contributed by atoms with van der Waals surface area (Å²) in [6, 6.07) is 12.1. The Morgan fingerprint density at radius 1 is 0.926 bits per heavy atom. The van der Waals surface area contributed by atoms with Gasteiger partial charge in [-0.2, -0.15) is 13.2 Å². The first-order valence-electron chi connectivity index (χ1n) is 7.86. The molecule has 0 atom stereocenters. The summed E-state index contributed by atoms with van der Waals surface area (Å²) in [4.78, 5) is 9.38. The average Bonchev–Trinajstić information content (AvgIpc) is 3.18. The summed E-state index contributed by atoms with van der Waals surface area (Å²) in [5, 5.41) is 12.1. The van der Waals surface area contributed by atoms with Crippen LogP contribution in [-0.2, 0) is 6.18 Å². The van der Waals surface area contributed by atoms with Crippen LogP contribution in [0, 0.1) is 0 Å². The van der Waals surface area contributed by atoms with E-state index in [1.165, 1.54) is 35.4 Å². The first-order valence-corrected chi connectivity index (χ1v) is 7.86. The van der Waals surface area contributed by atoms with Crippen LogP contribution < -0.4 is 0 Å². The molecule has 27 heavy (non-hydrogen) atoms. The molecule has 4 aromatic rings. The van der Waals surface area contributed by atoms with Crippen molar-refractivity contribution < 1.29 is 13.2 Å². The lowest BCUT2D eigenvalue weighted by molar-refractivity contribution is -0.137. The minimum atomic E-state index is -4.47. The van der Waals surface area contributed by atoms with Crippen LogP contribution >= 0.6 is 0 Å². The van der Waals surface area contributed by atoms with Crippen LogP contribution in [0.3, 0.4) is 0 Å². The summed E-state index contributed by atoms with van der Waals surface area (Å²) in [5.41, 5.74) is 0.528. The van der Waals surface area contributed by atoms with Gasteiger partial charge in [-0.15, -0.1) is 15.0 Å². The summed E-state index contributed by atoms with van der Waals surface area (Å²) in [6.07, 6.45) is -0.0508. The Balaban J connectivity index is 1.74. The number of alkyl halides is 3. The summed E-state index contributed by atoms with van der Waals surface area (Å²) in [6.45, 7) is 0. The molecule has 0 aliphatic heterocycles. The van der Waals surface area contributed by atoms with E-state index in [2.05, 4.69) is 25.4 Å². The lowest BCUT2D eigenvalue weighted by Gasteiger charge is -2.12. The van der Waals surface area contributed by atoms with Crippen LogP contribution in [0.1, 0.15) is 5.56 Å². The summed E-state index contributed by atoms with van der Waals surface area (Å²) >= 11 is 0. The third-order valence-electron chi connectivity index (χ3n) is 3.81. The van der Waals surface area contributed by atoms with Crippen LogP contribution in [0.25, 0.3) is 28.3 Å². The molecule has 0 N–H and O–H groups in total. The van der Waals surface area contributed by atoms with Gasteiger partial charge in [0.25, 0.3) is 0 Å². The van der Waals surface area contributed by atoms with E-state index in [4.69, 9.17) is 0 Å². The zero-order valence-corrected chi connectivity index (χ0v) is 13.7. The minimum absolute atomic E-state index is 0.0319. The second-order valence-corrected chi connectivity index (χ2v) is 5.59. The molecule has 0 unspecified atom stereocenters. The third kappa shape index (κ3) is 3.39. The van der Waals surface area contributed by atoms with Gasteiger partial charge < -0.3 is 0 Å². The number of rotatable bonds is 3. The monoisotopic (exact) mass is 368 g/mol. The van der Waals surface area contributed by atoms with Crippen LogP contribution in [0.2, 0.25) is 0 Å². The molecule has 0 radical (unpaired) electrons. The number of hydrogen-bond acceptors (Lipinski definition) is 5. The number of halogens is 3. The molecule has 9 heteroatoms. The van der Waals surface area contributed by atoms with Crippen molar-refractivity contribution >= 4 is 0 Å². The molecule has 0 aliphatic rings. The van der Waals surface area contributed by atoms with E-state index in [1.807, 2.05) is 0 Å². The van der Waals surface area contributed by atoms with Crippen molar-refractivity contribution in [1.82, 2.24) is 30.2 Å². The summed E-state index contributed by atoms with van der Waals surface area (Å²) in [5.74, 6) is 0.302. The normalized spacial score (nSPS) is 11.5. The van der Waals surface area contributed by atoms with E-state index >= 15 is 0 Å². The van der Waals surface area contributed by atoms with Gasteiger partial charge in [0, 0.05) is 18.0 Å². The quantitative estimate of drug-likeness (QED) is 0.550. The van der Waals surface area contributed by atoms with Gasteiger partial charge in [0.1, 0.15) is 11.4 Å². The van der Waals surface area contributed by atoms with Gasteiger partial charge >= 0.3 is 6.18 Å². The van der Waals surface area contributed by atoms with E-state index in [-0.39, 0.29) is 5.56 Å². The topological polar surface area (TPSA) is 69.4 Å². The molecule has 6 nitrogen and oxygen atoms in total. The minimum Gasteiger partial charge on any atom is -0.262 e. The van der Waals surface area contributed by atoms with Gasteiger partial charge in [-0.1, -0.05) is 24.3 Å². The second kappa shape index (κ2) is 6.60. The highest BCUT2D eigenvalue weighted by Crippen LogP contribution is 2.36.